The number of rotatable bonds is 0. The Morgan fingerprint density at radius 3 is 2.73 bits per heavy atom. The molecule has 1 atom stereocenters. The molecule has 15 heavy (non-hydrogen) atoms. The van der Waals surface area contributed by atoms with Crippen molar-refractivity contribution >= 4 is 6.09 Å². The van der Waals surface area contributed by atoms with Gasteiger partial charge in [-0.1, -0.05) is 0 Å². The Labute approximate surface area is 92.0 Å². The minimum Gasteiger partial charge on any atom is -0.444 e. The molecule has 4 heteroatoms. The van der Waals surface area contributed by atoms with Gasteiger partial charge in [0.2, 0.25) is 0 Å². The van der Waals surface area contributed by atoms with E-state index in [0.717, 1.165) is 26.1 Å². The first kappa shape index (κ1) is 12.3. The molecule has 1 amide bonds. The number of hydrogen-bond donors (Lipinski definition) is 1. The van der Waals surface area contributed by atoms with Gasteiger partial charge in [-0.2, -0.15) is 0 Å². The second kappa shape index (κ2) is 4.84. The summed E-state index contributed by atoms with van der Waals surface area (Å²) in [6, 6.07) is 0.211. The molecular weight excluding hydrogens is 192 g/mol. The Kier molecular flexibility index (Phi) is 3.97. The molecule has 88 valence electrons. The molecule has 1 rings (SSSR count). The van der Waals surface area contributed by atoms with Gasteiger partial charge >= 0.3 is 6.09 Å². The summed E-state index contributed by atoms with van der Waals surface area (Å²) in [5, 5.41) is 3.30. The molecule has 0 saturated carbocycles. The molecule has 0 radical (unpaired) electrons. The minimum atomic E-state index is -0.406. The van der Waals surface area contributed by atoms with Gasteiger partial charge in [-0.25, -0.2) is 4.79 Å². The van der Waals surface area contributed by atoms with Crippen LogP contribution in [0.5, 0.6) is 0 Å². The van der Waals surface area contributed by atoms with E-state index >= 15 is 0 Å². The van der Waals surface area contributed by atoms with Crippen molar-refractivity contribution in [3.05, 3.63) is 0 Å². The molecule has 0 spiro atoms. The highest BCUT2D eigenvalue weighted by Crippen LogP contribution is 2.13. The summed E-state index contributed by atoms with van der Waals surface area (Å²) in [4.78, 5) is 13.7. The van der Waals surface area contributed by atoms with Gasteiger partial charge in [-0.3, -0.25) is 0 Å². The minimum absolute atomic E-state index is 0.196. The van der Waals surface area contributed by atoms with Gasteiger partial charge in [0.15, 0.2) is 0 Å². The van der Waals surface area contributed by atoms with Crippen molar-refractivity contribution in [2.45, 2.75) is 45.8 Å². The van der Waals surface area contributed by atoms with Gasteiger partial charge < -0.3 is 15.0 Å². The lowest BCUT2D eigenvalue weighted by atomic mass is 10.2. The Bertz CT molecular complexity index is 223. The summed E-state index contributed by atoms with van der Waals surface area (Å²) in [6.07, 6.45) is 0.794. The van der Waals surface area contributed by atoms with Crippen molar-refractivity contribution in [1.82, 2.24) is 10.2 Å². The molecule has 0 aliphatic carbocycles. The van der Waals surface area contributed by atoms with Crippen molar-refractivity contribution in [2.24, 2.45) is 0 Å². The van der Waals surface area contributed by atoms with E-state index in [1.807, 2.05) is 32.6 Å². The fraction of sp³-hybridized carbons (Fsp3) is 0.909. The third kappa shape index (κ3) is 4.08. The maximum atomic E-state index is 11.9. The molecule has 1 fully saturated rings. The van der Waals surface area contributed by atoms with Crippen molar-refractivity contribution in [3.63, 3.8) is 0 Å². The normalized spacial score (nSPS) is 23.5. The van der Waals surface area contributed by atoms with Crippen LogP contribution in [0.4, 0.5) is 4.79 Å². The van der Waals surface area contributed by atoms with Crippen molar-refractivity contribution in [3.8, 4) is 0 Å². The number of nitrogens with one attached hydrogen (secondary N) is 1. The summed E-state index contributed by atoms with van der Waals surface area (Å²) in [6.45, 7) is 10.3. The van der Waals surface area contributed by atoms with Gasteiger partial charge in [0, 0.05) is 19.1 Å². The zero-order valence-corrected chi connectivity index (χ0v) is 10.2. The lowest BCUT2D eigenvalue weighted by Gasteiger charge is -2.30. The summed E-state index contributed by atoms with van der Waals surface area (Å²) in [7, 11) is 0. The SMILES string of the molecule is C[C@@H]1CNCCCN1C(=O)OC(C)(C)C. The van der Waals surface area contributed by atoms with Crippen LogP contribution >= 0.6 is 0 Å². The molecule has 4 nitrogen and oxygen atoms in total. The van der Waals surface area contributed by atoms with E-state index in [-0.39, 0.29) is 12.1 Å². The van der Waals surface area contributed by atoms with E-state index in [1.54, 1.807) is 0 Å². The van der Waals surface area contributed by atoms with E-state index in [2.05, 4.69) is 5.32 Å². The number of nitrogens with zero attached hydrogens (tertiary/aromatic N) is 1. The van der Waals surface area contributed by atoms with Gasteiger partial charge in [0.05, 0.1) is 0 Å². The predicted molar refractivity (Wildman–Crippen MR) is 59.9 cm³/mol. The van der Waals surface area contributed by atoms with E-state index in [9.17, 15) is 4.79 Å². The van der Waals surface area contributed by atoms with E-state index in [1.165, 1.54) is 0 Å². The molecule has 1 aliphatic rings. The largest absolute Gasteiger partial charge is 0.444 e. The lowest BCUT2D eigenvalue weighted by molar-refractivity contribution is 0.0192. The second-order valence-corrected chi connectivity index (χ2v) is 5.08. The maximum absolute atomic E-state index is 11.9. The van der Waals surface area contributed by atoms with E-state index in [0.29, 0.717) is 0 Å². The molecule has 0 aromatic heterocycles. The van der Waals surface area contributed by atoms with Crippen molar-refractivity contribution in [2.75, 3.05) is 19.6 Å². The zero-order valence-electron chi connectivity index (χ0n) is 10.2. The third-order valence-corrected chi connectivity index (χ3v) is 2.35. The van der Waals surface area contributed by atoms with Crippen LogP contribution < -0.4 is 5.32 Å². The van der Waals surface area contributed by atoms with Crippen LogP contribution in [0.15, 0.2) is 0 Å². The fourth-order valence-electron chi connectivity index (χ4n) is 1.61. The quantitative estimate of drug-likeness (QED) is 0.666. The third-order valence-electron chi connectivity index (χ3n) is 2.35. The average molecular weight is 214 g/mol. The first-order chi connectivity index (χ1) is 6.90. The zero-order chi connectivity index (χ0) is 11.5. The lowest BCUT2D eigenvalue weighted by Crippen LogP contribution is -2.44. The van der Waals surface area contributed by atoms with Crippen LogP contribution in [-0.2, 0) is 4.74 Å². The van der Waals surface area contributed by atoms with Crippen LogP contribution in [0.2, 0.25) is 0 Å². The van der Waals surface area contributed by atoms with Crippen molar-refractivity contribution < 1.29 is 9.53 Å². The molecule has 1 aliphatic heterocycles. The highest BCUT2D eigenvalue weighted by atomic mass is 16.6. The number of carbonyl (C=O) groups is 1. The molecule has 0 aromatic carbocycles. The monoisotopic (exact) mass is 214 g/mol. The maximum Gasteiger partial charge on any atom is 0.410 e. The molecule has 1 heterocycles. The van der Waals surface area contributed by atoms with Gasteiger partial charge in [0.1, 0.15) is 5.60 Å². The molecule has 0 bridgehead atoms. The first-order valence-corrected chi connectivity index (χ1v) is 5.60. The van der Waals surface area contributed by atoms with Crippen LogP contribution in [0.3, 0.4) is 0 Å². The van der Waals surface area contributed by atoms with E-state index in [4.69, 9.17) is 4.74 Å². The number of ether oxygens (including phenoxy) is 1. The molecule has 0 aromatic rings. The standard InChI is InChI=1S/C11H22N2O2/c1-9-8-12-6-5-7-13(9)10(14)15-11(2,3)4/h9,12H,5-8H2,1-4H3/t9-/m1/s1. The van der Waals surface area contributed by atoms with Crippen LogP contribution in [0.1, 0.15) is 34.1 Å². The summed E-state index contributed by atoms with van der Waals surface area (Å²) >= 11 is 0. The number of amides is 1. The topological polar surface area (TPSA) is 41.6 Å². The fourth-order valence-corrected chi connectivity index (χ4v) is 1.61. The Balaban J connectivity index is 2.56. The van der Waals surface area contributed by atoms with Crippen LogP contribution in [0, 0.1) is 0 Å². The van der Waals surface area contributed by atoms with E-state index < -0.39 is 5.60 Å². The van der Waals surface area contributed by atoms with Crippen LogP contribution in [0.25, 0.3) is 0 Å². The van der Waals surface area contributed by atoms with Crippen molar-refractivity contribution in [1.29, 1.82) is 0 Å². The second-order valence-electron chi connectivity index (χ2n) is 5.08. The summed E-state index contributed by atoms with van der Waals surface area (Å²) < 4.78 is 5.36. The van der Waals surface area contributed by atoms with Crippen LogP contribution in [-0.4, -0.2) is 42.3 Å². The Morgan fingerprint density at radius 2 is 2.13 bits per heavy atom. The molecule has 1 N–H and O–H groups in total. The Morgan fingerprint density at radius 1 is 1.47 bits per heavy atom. The first-order valence-electron chi connectivity index (χ1n) is 5.60. The summed E-state index contributed by atoms with van der Waals surface area (Å²) in [5.74, 6) is 0. The number of carbonyl (C=O) groups excluding carboxylic acids is 1. The predicted octanol–water partition coefficient (Wildman–Crippen LogP) is 1.61. The molecule has 0 unspecified atom stereocenters. The average Bonchev–Trinajstić information content (AvgIpc) is 2.26. The molecular formula is C11H22N2O2. The summed E-state index contributed by atoms with van der Waals surface area (Å²) in [5.41, 5.74) is -0.406. The van der Waals surface area contributed by atoms with Gasteiger partial charge in [0.25, 0.3) is 0 Å². The Hall–Kier alpha value is -0.770. The highest BCUT2D eigenvalue weighted by molar-refractivity contribution is 5.68. The van der Waals surface area contributed by atoms with Gasteiger partial charge in [-0.05, 0) is 40.7 Å². The highest BCUT2D eigenvalue weighted by Gasteiger charge is 2.26. The number of hydrogen-bond acceptors (Lipinski definition) is 3. The smallest absolute Gasteiger partial charge is 0.410 e. The van der Waals surface area contributed by atoms with Gasteiger partial charge in [-0.15, -0.1) is 0 Å². The molecule has 1 saturated heterocycles.